The summed E-state index contributed by atoms with van der Waals surface area (Å²) in [4.78, 5) is 32.3. The van der Waals surface area contributed by atoms with Crippen molar-refractivity contribution in [1.29, 1.82) is 0 Å². The van der Waals surface area contributed by atoms with Crippen LogP contribution in [0.1, 0.15) is 45.4 Å². The van der Waals surface area contributed by atoms with Crippen LogP contribution in [0.3, 0.4) is 0 Å². The van der Waals surface area contributed by atoms with E-state index in [1.54, 1.807) is 0 Å². The molecule has 0 radical (unpaired) electrons. The third-order valence-electron chi connectivity index (χ3n) is 8.10. The zero-order chi connectivity index (χ0) is 20.7. The first kappa shape index (κ1) is 19.8. The third kappa shape index (κ3) is 3.92. The second-order valence-electron chi connectivity index (χ2n) is 10.3. The van der Waals surface area contributed by atoms with Gasteiger partial charge in [-0.1, -0.05) is 6.07 Å². The van der Waals surface area contributed by atoms with Crippen LogP contribution in [-0.2, 0) is 4.79 Å². The Morgan fingerprint density at radius 3 is 2.30 bits per heavy atom. The first-order valence-corrected chi connectivity index (χ1v) is 11.7. The number of hydrogen-bond donors (Lipinski definition) is 3. The molecule has 1 saturated heterocycles. The van der Waals surface area contributed by atoms with Crippen molar-refractivity contribution >= 4 is 17.8 Å². The zero-order valence-corrected chi connectivity index (χ0v) is 18.0. The average molecular weight is 414 g/mol. The van der Waals surface area contributed by atoms with E-state index >= 15 is 0 Å². The van der Waals surface area contributed by atoms with E-state index < -0.39 is 0 Å². The fourth-order valence-corrected chi connectivity index (χ4v) is 6.99. The summed E-state index contributed by atoms with van der Waals surface area (Å²) in [6, 6.07) is 5.57. The van der Waals surface area contributed by atoms with Crippen molar-refractivity contribution in [3.8, 4) is 0 Å². The summed E-state index contributed by atoms with van der Waals surface area (Å²) in [5, 5.41) is 5.91. The number of hydrogen-bond acceptors (Lipinski definition) is 3. The van der Waals surface area contributed by atoms with Crippen molar-refractivity contribution in [2.45, 2.75) is 57.0 Å². The quantitative estimate of drug-likeness (QED) is 0.668. The molecule has 3 amide bonds. The number of nitrogens with one attached hydrogen (secondary N) is 4. The molecule has 1 aromatic heterocycles. The van der Waals surface area contributed by atoms with Crippen molar-refractivity contribution in [2.75, 3.05) is 31.1 Å². The molecule has 4 N–H and O–H groups in total. The molecule has 7 nitrogen and oxygen atoms in total. The van der Waals surface area contributed by atoms with Crippen molar-refractivity contribution in [2.24, 2.45) is 17.8 Å². The van der Waals surface area contributed by atoms with Crippen LogP contribution in [0.5, 0.6) is 0 Å². The average Bonchev–Trinajstić information content (AvgIpc) is 2.72. The lowest BCUT2D eigenvalue weighted by atomic mass is 9.53. The Balaban J connectivity index is 1.12. The smallest absolute Gasteiger partial charge is 0.322 e. The highest BCUT2D eigenvalue weighted by Crippen LogP contribution is 2.55. The fraction of sp³-hybridized carbons (Fsp3) is 0.696. The van der Waals surface area contributed by atoms with Gasteiger partial charge >= 0.3 is 6.03 Å². The predicted molar refractivity (Wildman–Crippen MR) is 113 cm³/mol. The monoisotopic (exact) mass is 413 g/mol. The summed E-state index contributed by atoms with van der Waals surface area (Å²) < 4.78 is 0. The van der Waals surface area contributed by atoms with E-state index in [4.69, 9.17) is 0 Å². The lowest BCUT2D eigenvalue weighted by Crippen LogP contribution is -3.19. The minimum Gasteiger partial charge on any atom is -0.332 e. The summed E-state index contributed by atoms with van der Waals surface area (Å²) in [7, 11) is 0. The summed E-state index contributed by atoms with van der Waals surface area (Å²) in [6.07, 6.45) is 9.25. The molecule has 4 aliphatic carbocycles. The van der Waals surface area contributed by atoms with Gasteiger partial charge in [-0.25, -0.2) is 9.78 Å². The van der Waals surface area contributed by atoms with E-state index in [9.17, 15) is 9.59 Å². The minimum absolute atomic E-state index is 0.0625. The second-order valence-corrected chi connectivity index (χ2v) is 10.3. The molecule has 30 heavy (non-hydrogen) atoms. The summed E-state index contributed by atoms with van der Waals surface area (Å²) in [5.41, 5.74) is -0.0625. The number of rotatable bonds is 4. The van der Waals surface area contributed by atoms with Crippen LogP contribution in [0.2, 0.25) is 0 Å². The standard InChI is InChI=1S/C23H33N5O2/c1-16(27-6-8-28(9-7-27)20-4-2-3-5-24-20)21(29)25-22(30)26-23-13-17-10-18(14-23)12-19(11-17)15-23/h2-5,16-19H,6-15H2,1H3,(H2,25,26,29,30)/p+2/t16-,17?,18?,19?,23?/m0/s1. The molecule has 0 aromatic carbocycles. The molecular weight excluding hydrogens is 378 g/mol. The van der Waals surface area contributed by atoms with Crippen LogP contribution >= 0.6 is 0 Å². The van der Waals surface area contributed by atoms with Crippen molar-refractivity contribution in [3.05, 3.63) is 24.4 Å². The topological polar surface area (TPSA) is 80.0 Å². The van der Waals surface area contributed by atoms with Gasteiger partial charge in [0, 0.05) is 11.6 Å². The summed E-state index contributed by atoms with van der Waals surface area (Å²) >= 11 is 0. The highest BCUT2D eigenvalue weighted by Gasteiger charge is 2.51. The number of imide groups is 1. The molecule has 2 heterocycles. The molecular formula is C23H35N5O2+2. The number of anilines is 1. The lowest BCUT2D eigenvalue weighted by Gasteiger charge is -2.56. The molecule has 4 saturated carbocycles. The summed E-state index contributed by atoms with van der Waals surface area (Å²) in [5.74, 6) is 3.27. The number of pyridine rings is 1. The van der Waals surface area contributed by atoms with E-state index in [2.05, 4.69) is 26.6 Å². The molecule has 0 spiro atoms. The summed E-state index contributed by atoms with van der Waals surface area (Å²) in [6.45, 7) is 5.49. The Morgan fingerprint density at radius 2 is 1.73 bits per heavy atom. The molecule has 162 valence electrons. The number of carbonyl (C=O) groups is 2. The molecule has 1 aromatic rings. The van der Waals surface area contributed by atoms with Crippen LogP contribution in [0.15, 0.2) is 24.4 Å². The highest BCUT2D eigenvalue weighted by molar-refractivity contribution is 5.96. The van der Waals surface area contributed by atoms with E-state index in [0.29, 0.717) is 0 Å². The van der Waals surface area contributed by atoms with Gasteiger partial charge in [-0.2, -0.15) is 0 Å². The molecule has 1 atom stereocenters. The van der Waals surface area contributed by atoms with Gasteiger partial charge in [-0.05, 0) is 69.3 Å². The number of piperazine rings is 1. The SMILES string of the molecule is C[C@@H](C(=O)NC(=O)NC12CC3CC(CC(C3)C1)C2)[NH+]1CCN(c2cccc[nH+]2)CC1. The molecule has 6 rings (SSSR count). The maximum Gasteiger partial charge on any atom is 0.322 e. The number of aromatic amines is 1. The number of quaternary nitrogens is 1. The molecule has 7 heteroatoms. The van der Waals surface area contributed by atoms with Gasteiger partial charge in [0.2, 0.25) is 0 Å². The van der Waals surface area contributed by atoms with Crippen LogP contribution in [0.4, 0.5) is 10.6 Å². The predicted octanol–water partition coefficient (Wildman–Crippen LogP) is 0.389. The van der Waals surface area contributed by atoms with Gasteiger partial charge in [0.25, 0.3) is 11.7 Å². The van der Waals surface area contributed by atoms with Crippen molar-refractivity contribution in [3.63, 3.8) is 0 Å². The maximum absolute atomic E-state index is 12.8. The normalized spacial score (nSPS) is 33.9. The fourth-order valence-electron chi connectivity index (χ4n) is 6.99. The molecule has 0 unspecified atom stereocenters. The van der Waals surface area contributed by atoms with E-state index in [1.165, 1.54) is 24.2 Å². The Bertz CT molecular complexity index is 755. The van der Waals surface area contributed by atoms with Crippen LogP contribution in [-0.4, -0.2) is 49.7 Å². The second kappa shape index (κ2) is 7.84. The lowest BCUT2D eigenvalue weighted by molar-refractivity contribution is -0.914. The number of H-pyrrole nitrogens is 1. The minimum atomic E-state index is -0.286. The zero-order valence-electron chi connectivity index (χ0n) is 18.0. The first-order valence-electron chi connectivity index (χ1n) is 11.7. The molecule has 4 bridgehead atoms. The van der Waals surface area contributed by atoms with Crippen LogP contribution in [0.25, 0.3) is 0 Å². The van der Waals surface area contributed by atoms with Gasteiger partial charge in [0.05, 0.1) is 6.20 Å². The number of nitrogens with zero attached hydrogens (tertiary/aromatic N) is 1. The Labute approximate surface area is 178 Å². The number of amides is 3. The molecule has 1 aliphatic heterocycles. The van der Waals surface area contributed by atoms with Crippen LogP contribution < -0.4 is 25.4 Å². The molecule has 5 aliphatic rings. The third-order valence-corrected chi connectivity index (χ3v) is 8.10. The Kier molecular flexibility index (Phi) is 5.17. The van der Waals surface area contributed by atoms with Gasteiger partial charge in [-0.15, -0.1) is 0 Å². The van der Waals surface area contributed by atoms with Gasteiger partial charge in [0.1, 0.15) is 26.2 Å². The number of urea groups is 1. The van der Waals surface area contributed by atoms with Gasteiger partial charge in [-0.3, -0.25) is 15.0 Å². The maximum atomic E-state index is 12.8. The van der Waals surface area contributed by atoms with E-state index in [-0.39, 0.29) is 23.5 Å². The highest BCUT2D eigenvalue weighted by atomic mass is 16.2. The van der Waals surface area contributed by atoms with Crippen molar-refractivity contribution < 1.29 is 19.5 Å². The Morgan fingerprint density at radius 1 is 1.10 bits per heavy atom. The largest absolute Gasteiger partial charge is 0.332 e. The molecule has 5 fully saturated rings. The number of aromatic nitrogens is 1. The Hall–Kier alpha value is -2.15. The van der Waals surface area contributed by atoms with Crippen molar-refractivity contribution in [1.82, 2.24) is 10.6 Å². The van der Waals surface area contributed by atoms with E-state index in [0.717, 1.165) is 69.0 Å². The van der Waals surface area contributed by atoms with Gasteiger partial charge < -0.3 is 10.2 Å². The van der Waals surface area contributed by atoms with Gasteiger partial charge in [0.15, 0.2) is 6.04 Å². The number of carbonyl (C=O) groups excluding carboxylic acids is 2. The van der Waals surface area contributed by atoms with Crippen LogP contribution in [0, 0.1) is 17.8 Å². The first-order chi connectivity index (χ1) is 14.5. The van der Waals surface area contributed by atoms with E-state index in [1.807, 2.05) is 25.3 Å².